The van der Waals surface area contributed by atoms with E-state index in [1.165, 1.54) is 31.3 Å². The molecule has 2 N–H and O–H groups in total. The van der Waals surface area contributed by atoms with Gasteiger partial charge in [0, 0.05) is 44.2 Å². The van der Waals surface area contributed by atoms with Crippen molar-refractivity contribution in [3.8, 4) is 11.1 Å². The Morgan fingerprint density at radius 2 is 1.58 bits per heavy atom. The maximum absolute atomic E-state index is 4.86. The van der Waals surface area contributed by atoms with Crippen molar-refractivity contribution in [2.75, 3.05) is 0 Å². The molecular formula is C30H21N5S. The van der Waals surface area contributed by atoms with Crippen LogP contribution in [0.1, 0.15) is 18.6 Å². The van der Waals surface area contributed by atoms with E-state index in [2.05, 4.69) is 71.5 Å². The van der Waals surface area contributed by atoms with Crippen LogP contribution in [0.25, 0.3) is 75.0 Å². The Morgan fingerprint density at radius 3 is 2.47 bits per heavy atom. The summed E-state index contributed by atoms with van der Waals surface area (Å²) in [6.45, 7) is 4.13. The van der Waals surface area contributed by atoms with Gasteiger partial charge in [0.25, 0.3) is 0 Å². The van der Waals surface area contributed by atoms with E-state index in [-0.39, 0.29) is 0 Å². The Bertz CT molecular complexity index is 2160. The zero-order valence-corrected chi connectivity index (χ0v) is 20.6. The monoisotopic (exact) mass is 483 g/mol. The average Bonchev–Trinajstić information content (AvgIpc) is 3.62. The van der Waals surface area contributed by atoms with Crippen LogP contribution in [-0.4, -0.2) is 24.9 Å². The molecule has 8 rings (SSSR count). The molecule has 0 saturated heterocycles. The standard InChI is InChI=1S/C30H21N5S/c1-3-25-34-23-11-10-20-18-8-6-17(14-24(18)36-30(20)29(23)35-25)16-7-9-19-22(13-16)26-21(5-4-12-31-26)28-27(19)32-15(2)33-28/h4-14H,3H2,1-2H3,(H,32,33)(H,34,35). The van der Waals surface area contributed by atoms with Crippen LogP contribution in [0.2, 0.25) is 0 Å². The lowest BCUT2D eigenvalue weighted by atomic mass is 9.97. The minimum atomic E-state index is 0.904. The first-order chi connectivity index (χ1) is 17.7. The molecule has 0 aliphatic heterocycles. The van der Waals surface area contributed by atoms with Crippen LogP contribution in [0.4, 0.5) is 0 Å². The molecular weight excluding hydrogens is 462 g/mol. The van der Waals surface area contributed by atoms with Gasteiger partial charge in [-0.15, -0.1) is 11.3 Å². The third-order valence-corrected chi connectivity index (χ3v) is 8.41. The van der Waals surface area contributed by atoms with Gasteiger partial charge in [-0.2, -0.15) is 0 Å². The van der Waals surface area contributed by atoms with E-state index in [1.807, 2.05) is 30.5 Å². The first kappa shape index (κ1) is 20.0. The lowest BCUT2D eigenvalue weighted by Gasteiger charge is -2.08. The second-order valence-corrected chi connectivity index (χ2v) is 10.4. The second kappa shape index (κ2) is 7.12. The van der Waals surface area contributed by atoms with E-state index >= 15 is 0 Å². The van der Waals surface area contributed by atoms with Gasteiger partial charge in [0.15, 0.2) is 0 Å². The van der Waals surface area contributed by atoms with Crippen molar-refractivity contribution in [2.24, 2.45) is 0 Å². The van der Waals surface area contributed by atoms with Crippen molar-refractivity contribution in [1.82, 2.24) is 24.9 Å². The molecule has 0 aliphatic carbocycles. The topological polar surface area (TPSA) is 70.2 Å². The number of aryl methyl sites for hydroxylation is 2. The SMILES string of the molecule is CCc1nc2c(ccc3c4ccc(-c5ccc6c(c5)c5ncccc5c5nc(C)[nH]c65)cc4sc32)[nH]1. The third kappa shape index (κ3) is 2.67. The number of fused-ring (bicyclic) bond motifs is 11. The fraction of sp³-hybridized carbons (Fsp3) is 0.100. The van der Waals surface area contributed by atoms with Crippen molar-refractivity contribution < 1.29 is 0 Å². The summed E-state index contributed by atoms with van der Waals surface area (Å²) >= 11 is 1.83. The molecule has 36 heavy (non-hydrogen) atoms. The first-order valence-electron chi connectivity index (χ1n) is 12.2. The smallest absolute Gasteiger partial charge is 0.107 e. The minimum Gasteiger partial charge on any atom is -0.342 e. The molecule has 0 atom stereocenters. The van der Waals surface area contributed by atoms with Gasteiger partial charge in [0.1, 0.15) is 17.2 Å². The summed E-state index contributed by atoms with van der Waals surface area (Å²) in [4.78, 5) is 21.3. The molecule has 4 aromatic carbocycles. The molecule has 172 valence electrons. The maximum atomic E-state index is 4.86. The number of nitrogens with zero attached hydrogens (tertiary/aromatic N) is 3. The van der Waals surface area contributed by atoms with Gasteiger partial charge < -0.3 is 9.97 Å². The van der Waals surface area contributed by atoms with Gasteiger partial charge in [-0.05, 0) is 48.4 Å². The number of pyridine rings is 1. The van der Waals surface area contributed by atoms with E-state index in [1.54, 1.807) is 0 Å². The second-order valence-electron chi connectivity index (χ2n) is 9.39. The van der Waals surface area contributed by atoms with Gasteiger partial charge in [-0.1, -0.05) is 37.3 Å². The number of imidazole rings is 2. The van der Waals surface area contributed by atoms with Crippen LogP contribution in [0.5, 0.6) is 0 Å². The van der Waals surface area contributed by atoms with Crippen molar-refractivity contribution in [3.63, 3.8) is 0 Å². The van der Waals surface area contributed by atoms with Gasteiger partial charge in [0.2, 0.25) is 0 Å². The summed E-state index contributed by atoms with van der Waals surface area (Å²) in [5.74, 6) is 1.95. The first-order valence-corrected chi connectivity index (χ1v) is 13.0. The molecule has 0 saturated carbocycles. The molecule has 0 amide bonds. The lowest BCUT2D eigenvalue weighted by molar-refractivity contribution is 1.00. The molecule has 0 unspecified atom stereocenters. The predicted molar refractivity (Wildman–Crippen MR) is 151 cm³/mol. The van der Waals surface area contributed by atoms with E-state index in [0.717, 1.165) is 61.8 Å². The number of rotatable bonds is 2. The van der Waals surface area contributed by atoms with Crippen molar-refractivity contribution >= 4 is 75.3 Å². The Labute approximate surface area is 209 Å². The largest absolute Gasteiger partial charge is 0.342 e. The van der Waals surface area contributed by atoms with Crippen molar-refractivity contribution in [1.29, 1.82) is 0 Å². The van der Waals surface area contributed by atoms with Gasteiger partial charge in [0.05, 0.1) is 26.8 Å². The number of H-pyrrole nitrogens is 2. The Morgan fingerprint density at radius 1 is 0.750 bits per heavy atom. The van der Waals surface area contributed by atoms with Crippen LogP contribution in [-0.2, 0) is 6.42 Å². The zero-order valence-electron chi connectivity index (χ0n) is 19.8. The Hall–Kier alpha value is -4.29. The summed E-state index contributed by atoms with van der Waals surface area (Å²) in [6, 6.07) is 22.0. The minimum absolute atomic E-state index is 0.904. The third-order valence-electron chi connectivity index (χ3n) is 7.24. The normalized spacial score (nSPS) is 12.3. The highest BCUT2D eigenvalue weighted by Gasteiger charge is 2.15. The van der Waals surface area contributed by atoms with E-state index in [0.29, 0.717) is 0 Å². The summed E-state index contributed by atoms with van der Waals surface area (Å²) in [5.41, 5.74) is 7.62. The summed E-state index contributed by atoms with van der Waals surface area (Å²) < 4.78 is 2.53. The average molecular weight is 484 g/mol. The fourth-order valence-electron chi connectivity index (χ4n) is 5.53. The van der Waals surface area contributed by atoms with Crippen LogP contribution >= 0.6 is 11.3 Å². The van der Waals surface area contributed by atoms with E-state index < -0.39 is 0 Å². The van der Waals surface area contributed by atoms with Gasteiger partial charge in [-0.25, -0.2) is 9.97 Å². The predicted octanol–water partition coefficient (Wildman–Crippen LogP) is 8.05. The van der Waals surface area contributed by atoms with Crippen LogP contribution in [0.3, 0.4) is 0 Å². The molecule has 4 heterocycles. The van der Waals surface area contributed by atoms with Gasteiger partial charge in [-0.3, -0.25) is 4.98 Å². The molecule has 0 spiro atoms. The summed E-state index contributed by atoms with van der Waals surface area (Å²) in [5, 5.41) is 5.92. The number of aromatic amines is 2. The molecule has 6 heteroatoms. The van der Waals surface area contributed by atoms with E-state index in [9.17, 15) is 0 Å². The summed E-state index contributed by atoms with van der Waals surface area (Å²) in [7, 11) is 0. The summed E-state index contributed by atoms with van der Waals surface area (Å²) in [6.07, 6.45) is 2.77. The van der Waals surface area contributed by atoms with Crippen LogP contribution < -0.4 is 0 Å². The van der Waals surface area contributed by atoms with E-state index in [4.69, 9.17) is 15.0 Å². The number of thiophene rings is 1. The quantitative estimate of drug-likeness (QED) is 0.244. The molecule has 4 aromatic heterocycles. The number of hydrogen-bond acceptors (Lipinski definition) is 4. The molecule has 0 radical (unpaired) electrons. The molecule has 8 aromatic rings. The van der Waals surface area contributed by atoms with Gasteiger partial charge >= 0.3 is 0 Å². The highest BCUT2D eigenvalue weighted by molar-refractivity contribution is 7.26. The molecule has 5 nitrogen and oxygen atoms in total. The Balaban J connectivity index is 1.37. The Kier molecular flexibility index (Phi) is 3.95. The highest BCUT2D eigenvalue weighted by atomic mass is 32.1. The van der Waals surface area contributed by atoms with Crippen LogP contribution in [0, 0.1) is 6.92 Å². The molecule has 0 fully saturated rings. The maximum Gasteiger partial charge on any atom is 0.107 e. The number of benzene rings is 4. The molecule has 0 aliphatic rings. The zero-order chi connectivity index (χ0) is 24.0. The molecule has 0 bridgehead atoms. The number of hydrogen-bond donors (Lipinski definition) is 2. The number of aromatic nitrogens is 5. The fourth-order valence-corrected chi connectivity index (χ4v) is 6.77. The van der Waals surface area contributed by atoms with Crippen LogP contribution in [0.15, 0.2) is 66.9 Å². The lowest BCUT2D eigenvalue weighted by Crippen LogP contribution is -1.86. The number of nitrogens with one attached hydrogen (secondary N) is 2. The van der Waals surface area contributed by atoms with Crippen molar-refractivity contribution in [3.05, 3.63) is 78.5 Å². The van der Waals surface area contributed by atoms with Crippen molar-refractivity contribution in [2.45, 2.75) is 20.3 Å². The highest BCUT2D eigenvalue weighted by Crippen LogP contribution is 2.40.